The van der Waals surface area contributed by atoms with Gasteiger partial charge >= 0.3 is 0 Å². The van der Waals surface area contributed by atoms with Crippen molar-refractivity contribution in [3.8, 4) is 10.6 Å². The standard InChI is InChI=1S/C22H17N3OS/c26-21(24-16-5-3-4-15(12-16)22-23-10-11-27-22)18-13-20(14-8-9-14)25-19-7-2-1-6-17(18)19/h1-7,10-14H,8-9H2,(H,24,26). The van der Waals surface area contributed by atoms with Gasteiger partial charge in [-0.15, -0.1) is 11.3 Å². The molecule has 1 fully saturated rings. The van der Waals surface area contributed by atoms with Gasteiger partial charge in [0.1, 0.15) is 5.01 Å². The molecule has 0 spiro atoms. The summed E-state index contributed by atoms with van der Waals surface area (Å²) in [5.74, 6) is 0.390. The molecule has 1 amide bonds. The Hall–Kier alpha value is -3.05. The van der Waals surface area contributed by atoms with E-state index in [1.165, 1.54) is 0 Å². The van der Waals surface area contributed by atoms with Crippen LogP contribution in [0.15, 0.2) is 66.2 Å². The summed E-state index contributed by atoms with van der Waals surface area (Å²) in [4.78, 5) is 22.2. The number of hydrogen-bond donors (Lipinski definition) is 1. The van der Waals surface area contributed by atoms with E-state index in [1.807, 2.05) is 60.0 Å². The van der Waals surface area contributed by atoms with Gasteiger partial charge < -0.3 is 5.32 Å². The van der Waals surface area contributed by atoms with Crippen LogP contribution in [0.1, 0.15) is 34.8 Å². The van der Waals surface area contributed by atoms with Gasteiger partial charge in [-0.05, 0) is 37.1 Å². The maximum Gasteiger partial charge on any atom is 0.256 e. The zero-order chi connectivity index (χ0) is 18.2. The molecule has 2 aromatic heterocycles. The third-order valence-electron chi connectivity index (χ3n) is 4.78. The van der Waals surface area contributed by atoms with E-state index < -0.39 is 0 Å². The maximum atomic E-state index is 13.1. The summed E-state index contributed by atoms with van der Waals surface area (Å²) >= 11 is 1.58. The van der Waals surface area contributed by atoms with E-state index in [1.54, 1.807) is 17.5 Å². The average molecular weight is 371 g/mol. The second-order valence-corrected chi connectivity index (χ2v) is 7.65. The number of nitrogens with one attached hydrogen (secondary N) is 1. The molecule has 0 radical (unpaired) electrons. The first-order valence-electron chi connectivity index (χ1n) is 8.99. The molecule has 2 heterocycles. The van der Waals surface area contributed by atoms with Gasteiger partial charge in [0.2, 0.25) is 0 Å². The molecule has 132 valence electrons. The number of amides is 1. The molecule has 5 heteroatoms. The quantitative estimate of drug-likeness (QED) is 0.516. The highest BCUT2D eigenvalue weighted by atomic mass is 32.1. The summed E-state index contributed by atoms with van der Waals surface area (Å²) in [5.41, 5.74) is 4.35. The van der Waals surface area contributed by atoms with Crippen molar-refractivity contribution in [2.24, 2.45) is 0 Å². The Morgan fingerprint density at radius 2 is 1.96 bits per heavy atom. The van der Waals surface area contributed by atoms with E-state index in [4.69, 9.17) is 4.98 Å². The molecule has 1 N–H and O–H groups in total. The molecular formula is C22H17N3OS. The highest BCUT2D eigenvalue weighted by molar-refractivity contribution is 7.13. The SMILES string of the molecule is O=C(Nc1cccc(-c2nccs2)c1)c1cc(C2CC2)nc2ccccc12. The number of para-hydroxylation sites is 1. The van der Waals surface area contributed by atoms with Crippen molar-refractivity contribution in [1.29, 1.82) is 0 Å². The minimum absolute atomic E-state index is 0.105. The lowest BCUT2D eigenvalue weighted by molar-refractivity contribution is 0.102. The van der Waals surface area contributed by atoms with Crippen molar-refractivity contribution < 1.29 is 4.79 Å². The van der Waals surface area contributed by atoms with Crippen LogP contribution in [0.25, 0.3) is 21.5 Å². The first-order chi connectivity index (χ1) is 13.3. The highest BCUT2D eigenvalue weighted by Gasteiger charge is 2.27. The predicted molar refractivity (Wildman–Crippen MR) is 109 cm³/mol. The van der Waals surface area contributed by atoms with Gasteiger partial charge in [0.15, 0.2) is 0 Å². The number of nitrogens with zero attached hydrogens (tertiary/aromatic N) is 2. The predicted octanol–water partition coefficient (Wildman–Crippen LogP) is 5.49. The van der Waals surface area contributed by atoms with E-state index in [2.05, 4.69) is 10.3 Å². The zero-order valence-corrected chi connectivity index (χ0v) is 15.4. The van der Waals surface area contributed by atoms with Crippen LogP contribution in [0.3, 0.4) is 0 Å². The molecule has 2 aromatic carbocycles. The van der Waals surface area contributed by atoms with E-state index in [-0.39, 0.29) is 5.91 Å². The Balaban J connectivity index is 1.50. The van der Waals surface area contributed by atoms with E-state index >= 15 is 0 Å². The number of hydrogen-bond acceptors (Lipinski definition) is 4. The largest absolute Gasteiger partial charge is 0.322 e. The van der Waals surface area contributed by atoms with Crippen LogP contribution >= 0.6 is 11.3 Å². The lowest BCUT2D eigenvalue weighted by atomic mass is 10.0. The first kappa shape index (κ1) is 16.1. The number of anilines is 1. The number of benzene rings is 2. The summed E-state index contributed by atoms with van der Waals surface area (Å²) in [7, 11) is 0. The van der Waals surface area contributed by atoms with E-state index in [0.29, 0.717) is 11.5 Å². The van der Waals surface area contributed by atoms with E-state index in [9.17, 15) is 4.79 Å². The molecule has 0 bridgehead atoms. The Morgan fingerprint density at radius 3 is 2.78 bits per heavy atom. The Bertz CT molecular complexity index is 1130. The number of fused-ring (bicyclic) bond motifs is 1. The molecule has 0 atom stereocenters. The van der Waals surface area contributed by atoms with Crippen LogP contribution < -0.4 is 5.32 Å². The zero-order valence-electron chi connectivity index (χ0n) is 14.6. The monoisotopic (exact) mass is 371 g/mol. The maximum absolute atomic E-state index is 13.1. The molecule has 0 unspecified atom stereocenters. The van der Waals surface area contributed by atoms with E-state index in [0.717, 1.165) is 45.7 Å². The van der Waals surface area contributed by atoms with Gasteiger partial charge in [-0.25, -0.2) is 4.98 Å². The first-order valence-corrected chi connectivity index (χ1v) is 9.87. The van der Waals surface area contributed by atoms with Crippen LogP contribution in [0.2, 0.25) is 0 Å². The third kappa shape index (κ3) is 3.22. The second kappa shape index (κ2) is 6.59. The Morgan fingerprint density at radius 1 is 1.07 bits per heavy atom. The fourth-order valence-electron chi connectivity index (χ4n) is 3.27. The van der Waals surface area contributed by atoms with Crippen molar-refractivity contribution in [3.63, 3.8) is 0 Å². The molecular weight excluding hydrogens is 354 g/mol. The molecule has 27 heavy (non-hydrogen) atoms. The van der Waals surface area contributed by atoms with Gasteiger partial charge in [-0.3, -0.25) is 9.78 Å². The van der Waals surface area contributed by atoms with Crippen molar-refractivity contribution in [2.45, 2.75) is 18.8 Å². The molecule has 5 rings (SSSR count). The fourth-order valence-corrected chi connectivity index (χ4v) is 3.90. The van der Waals surface area contributed by atoms with Crippen molar-refractivity contribution in [1.82, 2.24) is 9.97 Å². The van der Waals surface area contributed by atoms with Crippen LogP contribution in [0.5, 0.6) is 0 Å². The number of carbonyl (C=O) groups excluding carboxylic acids is 1. The normalized spacial score (nSPS) is 13.6. The summed E-state index contributed by atoms with van der Waals surface area (Å²) < 4.78 is 0. The average Bonchev–Trinajstić information content (AvgIpc) is 3.41. The number of thiazole rings is 1. The second-order valence-electron chi connectivity index (χ2n) is 6.76. The van der Waals surface area contributed by atoms with Crippen molar-refractivity contribution in [2.75, 3.05) is 5.32 Å². The summed E-state index contributed by atoms with van der Waals surface area (Å²) in [5, 5.41) is 6.82. The summed E-state index contributed by atoms with van der Waals surface area (Å²) in [6, 6.07) is 17.6. The van der Waals surface area contributed by atoms with Crippen LogP contribution in [-0.2, 0) is 0 Å². The highest BCUT2D eigenvalue weighted by Crippen LogP contribution is 2.40. The molecule has 1 saturated carbocycles. The molecule has 0 saturated heterocycles. The smallest absolute Gasteiger partial charge is 0.256 e. The van der Waals surface area contributed by atoms with Crippen LogP contribution in [0.4, 0.5) is 5.69 Å². The lowest BCUT2D eigenvalue weighted by Crippen LogP contribution is -2.13. The topological polar surface area (TPSA) is 54.9 Å². The number of aromatic nitrogens is 2. The van der Waals surface area contributed by atoms with Gasteiger partial charge in [0, 0.05) is 39.8 Å². The van der Waals surface area contributed by atoms with Gasteiger partial charge in [-0.1, -0.05) is 30.3 Å². The molecule has 4 aromatic rings. The van der Waals surface area contributed by atoms with Gasteiger partial charge in [0.25, 0.3) is 5.91 Å². The van der Waals surface area contributed by atoms with Gasteiger partial charge in [0.05, 0.1) is 11.1 Å². The third-order valence-corrected chi connectivity index (χ3v) is 5.60. The minimum atomic E-state index is -0.105. The van der Waals surface area contributed by atoms with Crippen LogP contribution in [-0.4, -0.2) is 15.9 Å². The lowest BCUT2D eigenvalue weighted by Gasteiger charge is -2.11. The van der Waals surface area contributed by atoms with Crippen molar-refractivity contribution in [3.05, 3.63) is 77.4 Å². The molecule has 4 nitrogen and oxygen atoms in total. The molecule has 1 aliphatic carbocycles. The summed E-state index contributed by atoms with van der Waals surface area (Å²) in [6.45, 7) is 0. The van der Waals surface area contributed by atoms with Gasteiger partial charge in [-0.2, -0.15) is 0 Å². The molecule has 0 aliphatic heterocycles. The minimum Gasteiger partial charge on any atom is -0.322 e. The fraction of sp³-hybridized carbons (Fsp3) is 0.136. The number of pyridine rings is 1. The number of rotatable bonds is 4. The number of carbonyl (C=O) groups is 1. The summed E-state index contributed by atoms with van der Waals surface area (Å²) in [6.07, 6.45) is 4.10. The Labute approximate surface area is 160 Å². The molecule has 1 aliphatic rings. The van der Waals surface area contributed by atoms with Crippen molar-refractivity contribution >= 4 is 33.8 Å². The Kier molecular flexibility index (Phi) is 3.94. The van der Waals surface area contributed by atoms with Crippen LogP contribution in [0, 0.1) is 0 Å².